The Kier molecular flexibility index (Phi) is 11.3. The number of nitrogens with zero attached hydrogens (tertiary/aromatic N) is 4. The van der Waals surface area contributed by atoms with E-state index in [1.165, 1.54) is 0 Å². The number of benzene rings is 4. The van der Waals surface area contributed by atoms with Crippen LogP contribution in [0.4, 0.5) is 0 Å². The van der Waals surface area contributed by atoms with E-state index in [0.717, 1.165) is 15.6 Å². The molecule has 236 valence electrons. The summed E-state index contributed by atoms with van der Waals surface area (Å²) >= 11 is 9.82. The molecule has 4 aromatic carbocycles. The van der Waals surface area contributed by atoms with Crippen molar-refractivity contribution in [2.45, 2.75) is 37.6 Å². The highest BCUT2D eigenvalue weighted by atomic mass is 79.9. The molecule has 2 atom stereocenters. The number of amides is 1. The lowest BCUT2D eigenvalue weighted by atomic mass is 9.80. The van der Waals surface area contributed by atoms with Crippen LogP contribution < -0.4 is 15.6 Å². The minimum Gasteiger partial charge on any atom is -0.494 e. The molecule has 0 aliphatic carbocycles. The number of hydrogen-bond donors (Lipinski definition) is 3. The molecular weight excluding hydrogens is 672 g/mol. The number of ether oxygens (including phenoxy) is 2. The maximum Gasteiger partial charge on any atom is 0.266 e. The van der Waals surface area contributed by atoms with Crippen molar-refractivity contribution in [1.29, 1.82) is 0 Å². The second-order valence-electron chi connectivity index (χ2n) is 10.6. The van der Waals surface area contributed by atoms with Gasteiger partial charge < -0.3 is 14.6 Å². The Morgan fingerprint density at radius 1 is 1.07 bits per heavy atom. The van der Waals surface area contributed by atoms with Gasteiger partial charge in [-0.05, 0) is 70.2 Å². The molecule has 12 heteroatoms. The molecule has 1 aliphatic rings. The van der Waals surface area contributed by atoms with Gasteiger partial charge in [0.2, 0.25) is 5.90 Å². The molecule has 0 spiro atoms. The molecule has 3 N–H and O–H groups in total. The number of aliphatic imine (C=N–C) groups is 1. The summed E-state index contributed by atoms with van der Waals surface area (Å²) in [6, 6.07) is 29.7. The molecule has 1 aliphatic heterocycles. The standard InChI is InChI=1S/C34H32BrClN6O4/c35-30-12-4-2-8-25(30)20-34(33(44)41-38-21-23-7-5-10-27(36)19-23)31(29-11-3-1-9-26(29)22-39-42-37)46-32(40-34)24-13-15-28(16-14-24)45-18-6-17-43/h1-5,7-16,19,31,38,43H,6,17-18,20-22H2,(H,41,44)/t31-,34-/m0/s1. The summed E-state index contributed by atoms with van der Waals surface area (Å²) in [5.74, 6) is 0.505. The lowest BCUT2D eigenvalue weighted by Gasteiger charge is -2.32. The summed E-state index contributed by atoms with van der Waals surface area (Å²) < 4.78 is 13.2. The Morgan fingerprint density at radius 3 is 2.57 bits per heavy atom. The quantitative estimate of drug-likeness (QED) is 0.0427. The highest BCUT2D eigenvalue weighted by Gasteiger charge is 2.54. The van der Waals surface area contributed by atoms with Gasteiger partial charge in [-0.1, -0.05) is 87.2 Å². The van der Waals surface area contributed by atoms with E-state index >= 15 is 0 Å². The van der Waals surface area contributed by atoms with Gasteiger partial charge in [-0.3, -0.25) is 10.2 Å². The fourth-order valence-corrected chi connectivity index (χ4v) is 5.85. The summed E-state index contributed by atoms with van der Waals surface area (Å²) in [5.41, 5.74) is 17.3. The van der Waals surface area contributed by atoms with Gasteiger partial charge in [-0.25, -0.2) is 10.4 Å². The number of azide groups is 1. The zero-order valence-electron chi connectivity index (χ0n) is 24.8. The summed E-state index contributed by atoms with van der Waals surface area (Å²) in [4.78, 5) is 22.5. The Bertz CT molecular complexity index is 1750. The summed E-state index contributed by atoms with van der Waals surface area (Å²) in [7, 11) is 0. The minimum atomic E-state index is -1.48. The number of nitrogens with one attached hydrogen (secondary N) is 2. The lowest BCUT2D eigenvalue weighted by Crippen LogP contribution is -2.53. The third-order valence-corrected chi connectivity index (χ3v) is 8.48. The average Bonchev–Trinajstić information content (AvgIpc) is 3.45. The first-order valence-corrected chi connectivity index (χ1v) is 15.8. The molecule has 0 aromatic heterocycles. The normalized spacial score (nSPS) is 17.0. The van der Waals surface area contributed by atoms with E-state index in [1.54, 1.807) is 18.2 Å². The largest absolute Gasteiger partial charge is 0.494 e. The highest BCUT2D eigenvalue weighted by molar-refractivity contribution is 9.10. The second-order valence-corrected chi connectivity index (χ2v) is 11.9. The highest BCUT2D eigenvalue weighted by Crippen LogP contribution is 2.44. The van der Waals surface area contributed by atoms with E-state index in [0.29, 0.717) is 47.0 Å². The molecule has 46 heavy (non-hydrogen) atoms. The number of rotatable bonds is 14. The van der Waals surface area contributed by atoms with Crippen LogP contribution in [0.1, 0.15) is 40.3 Å². The van der Waals surface area contributed by atoms with Crippen molar-refractivity contribution in [3.63, 3.8) is 0 Å². The molecule has 0 radical (unpaired) electrons. The zero-order valence-corrected chi connectivity index (χ0v) is 27.1. The van der Waals surface area contributed by atoms with Gasteiger partial charge in [-0.2, -0.15) is 0 Å². The first kappa shape index (κ1) is 33.0. The molecule has 0 unspecified atom stereocenters. The van der Waals surface area contributed by atoms with E-state index < -0.39 is 17.6 Å². The monoisotopic (exact) mass is 702 g/mol. The van der Waals surface area contributed by atoms with Crippen LogP contribution in [0.15, 0.2) is 112 Å². The van der Waals surface area contributed by atoms with Gasteiger partial charge in [0, 0.05) is 46.0 Å². The van der Waals surface area contributed by atoms with Crippen molar-refractivity contribution in [3.05, 3.63) is 145 Å². The predicted octanol–water partition coefficient (Wildman–Crippen LogP) is 6.99. The van der Waals surface area contributed by atoms with Gasteiger partial charge in [0.1, 0.15) is 5.75 Å². The molecule has 0 fully saturated rings. The first-order chi connectivity index (χ1) is 22.4. The van der Waals surface area contributed by atoms with Crippen molar-refractivity contribution in [2.24, 2.45) is 10.1 Å². The topological polar surface area (TPSA) is 141 Å². The fraction of sp³-hybridized carbons (Fsp3) is 0.235. The van der Waals surface area contributed by atoms with Crippen molar-refractivity contribution in [3.8, 4) is 5.75 Å². The van der Waals surface area contributed by atoms with Crippen LogP contribution in [0.2, 0.25) is 5.02 Å². The van der Waals surface area contributed by atoms with Crippen LogP contribution in [0.5, 0.6) is 5.75 Å². The Hall–Kier alpha value is -4.38. The SMILES string of the molecule is [N-]=[N+]=NCc1ccccc1[C@@H]1OC(c2ccc(OCCCO)cc2)=N[C@]1(Cc1ccccc1Br)C(=O)NNCc1cccc(Cl)c1. The molecule has 0 saturated carbocycles. The zero-order chi connectivity index (χ0) is 32.4. The van der Waals surface area contributed by atoms with Gasteiger partial charge in [0.05, 0.1) is 13.2 Å². The Balaban J connectivity index is 1.57. The van der Waals surface area contributed by atoms with E-state index in [9.17, 15) is 4.79 Å². The predicted molar refractivity (Wildman–Crippen MR) is 180 cm³/mol. The van der Waals surface area contributed by atoms with Crippen molar-refractivity contribution < 1.29 is 19.4 Å². The van der Waals surface area contributed by atoms with Gasteiger partial charge in [0.25, 0.3) is 5.91 Å². The van der Waals surface area contributed by atoms with E-state index in [-0.39, 0.29) is 25.5 Å². The maximum atomic E-state index is 14.5. The van der Waals surface area contributed by atoms with Crippen molar-refractivity contribution in [1.82, 2.24) is 10.9 Å². The molecule has 0 saturated heterocycles. The molecule has 1 amide bonds. The van der Waals surface area contributed by atoms with Crippen LogP contribution >= 0.6 is 27.5 Å². The van der Waals surface area contributed by atoms with Crippen LogP contribution in [0.25, 0.3) is 10.4 Å². The van der Waals surface area contributed by atoms with Gasteiger partial charge in [-0.15, -0.1) is 0 Å². The number of hydrazine groups is 1. The fourth-order valence-electron chi connectivity index (χ4n) is 5.21. The molecule has 0 bridgehead atoms. The van der Waals surface area contributed by atoms with Crippen molar-refractivity contribution >= 4 is 39.3 Å². The molecule has 1 heterocycles. The summed E-state index contributed by atoms with van der Waals surface area (Å²) in [5, 5.41) is 13.5. The van der Waals surface area contributed by atoms with Crippen LogP contribution in [-0.4, -0.2) is 35.7 Å². The van der Waals surface area contributed by atoms with Crippen molar-refractivity contribution in [2.75, 3.05) is 13.2 Å². The second kappa shape index (κ2) is 15.8. The Labute approximate surface area is 280 Å². The number of halogens is 2. The lowest BCUT2D eigenvalue weighted by molar-refractivity contribution is -0.130. The number of hydrogen-bond acceptors (Lipinski definition) is 7. The maximum absolute atomic E-state index is 14.5. The molecule has 4 aromatic rings. The third kappa shape index (κ3) is 7.88. The number of aliphatic hydroxyl groups is 1. The number of aliphatic hydroxyl groups excluding tert-OH is 1. The van der Waals surface area contributed by atoms with Gasteiger partial charge in [0.15, 0.2) is 11.6 Å². The van der Waals surface area contributed by atoms with E-state index in [2.05, 4.69) is 36.8 Å². The van der Waals surface area contributed by atoms with Gasteiger partial charge >= 0.3 is 0 Å². The molecule has 5 rings (SSSR count). The Morgan fingerprint density at radius 2 is 1.83 bits per heavy atom. The molecular formula is C34H32BrClN6O4. The average molecular weight is 704 g/mol. The number of carbonyl (C=O) groups excluding carboxylic acids is 1. The smallest absolute Gasteiger partial charge is 0.266 e. The third-order valence-electron chi connectivity index (χ3n) is 7.47. The van der Waals surface area contributed by atoms with Crippen LogP contribution in [-0.2, 0) is 29.0 Å². The van der Waals surface area contributed by atoms with Crippen LogP contribution in [0, 0.1) is 0 Å². The summed E-state index contributed by atoms with van der Waals surface area (Å²) in [6.45, 7) is 0.821. The first-order valence-electron chi connectivity index (χ1n) is 14.6. The summed E-state index contributed by atoms with van der Waals surface area (Å²) in [6.07, 6.45) is -0.175. The van der Waals surface area contributed by atoms with E-state index in [4.69, 9.17) is 36.7 Å². The number of carbonyl (C=O) groups is 1. The van der Waals surface area contributed by atoms with Crippen LogP contribution in [0.3, 0.4) is 0 Å². The molecule has 10 nitrogen and oxygen atoms in total. The minimum absolute atomic E-state index is 0.0426. The van der Waals surface area contributed by atoms with E-state index in [1.807, 2.05) is 78.9 Å².